The Hall–Kier alpha value is -2.38. The number of thiocarbonyl (C=S) groups is 1. The Morgan fingerprint density at radius 3 is 2.78 bits per heavy atom. The Morgan fingerprint density at radius 1 is 1.30 bits per heavy atom. The minimum Gasteiger partial charge on any atom is -0.459 e. The van der Waals surface area contributed by atoms with E-state index in [9.17, 15) is 0 Å². The van der Waals surface area contributed by atoms with E-state index < -0.39 is 0 Å². The van der Waals surface area contributed by atoms with E-state index in [1.165, 1.54) is 0 Å². The van der Waals surface area contributed by atoms with Crippen LogP contribution in [0.3, 0.4) is 0 Å². The molecule has 1 aromatic carbocycles. The van der Waals surface area contributed by atoms with Gasteiger partial charge < -0.3 is 19.1 Å². The molecule has 0 fully saturated rings. The smallest absolute Gasteiger partial charge is 0.283 e. The topological polar surface area (TPSA) is 67.3 Å². The monoisotopic (exact) mass is 404 g/mol. The lowest BCUT2D eigenvalue weighted by atomic mass is 10.1. The molecule has 2 aromatic heterocycles. The van der Waals surface area contributed by atoms with Crippen LogP contribution in [0.25, 0.3) is 11.7 Å². The first-order chi connectivity index (χ1) is 13.0. The van der Waals surface area contributed by atoms with Crippen LogP contribution in [0.2, 0.25) is 5.02 Å². The first-order valence-corrected chi connectivity index (χ1v) is 9.45. The highest BCUT2D eigenvalue weighted by atomic mass is 35.5. The summed E-state index contributed by atoms with van der Waals surface area (Å²) in [7, 11) is 0. The molecule has 0 unspecified atom stereocenters. The van der Waals surface area contributed by atoms with Crippen LogP contribution in [0.4, 0.5) is 5.69 Å². The number of rotatable bonds is 6. The van der Waals surface area contributed by atoms with E-state index in [0.717, 1.165) is 29.8 Å². The van der Waals surface area contributed by atoms with Gasteiger partial charge in [0.2, 0.25) is 5.89 Å². The van der Waals surface area contributed by atoms with Crippen LogP contribution in [0, 0.1) is 13.8 Å². The summed E-state index contributed by atoms with van der Waals surface area (Å²) in [5, 5.41) is 12.6. The molecule has 8 heteroatoms. The average molecular weight is 405 g/mol. The van der Waals surface area contributed by atoms with Crippen molar-refractivity contribution in [2.45, 2.75) is 33.7 Å². The summed E-state index contributed by atoms with van der Waals surface area (Å²) in [4.78, 5) is 1.98. The molecular formula is C19H21ClN4O2S. The second-order valence-corrected chi connectivity index (χ2v) is 7.06. The Bertz CT molecular complexity index is 901. The second kappa shape index (κ2) is 8.54. The van der Waals surface area contributed by atoms with E-state index in [4.69, 9.17) is 32.7 Å². The van der Waals surface area contributed by atoms with Crippen molar-refractivity contribution < 1.29 is 8.83 Å². The SMILES string of the molecule is CCCN(Cc1nnc(-c2ccco2)o1)C(=S)Nc1c(C)cc(C)cc1Cl. The molecule has 0 saturated carbocycles. The highest BCUT2D eigenvalue weighted by molar-refractivity contribution is 7.80. The molecule has 0 aliphatic rings. The molecule has 27 heavy (non-hydrogen) atoms. The summed E-state index contributed by atoms with van der Waals surface area (Å²) in [5.74, 6) is 1.35. The van der Waals surface area contributed by atoms with Gasteiger partial charge in [-0.1, -0.05) is 24.6 Å². The Kier molecular flexibility index (Phi) is 6.13. The average Bonchev–Trinajstić information content (AvgIpc) is 3.28. The summed E-state index contributed by atoms with van der Waals surface area (Å²) in [6.07, 6.45) is 2.48. The highest BCUT2D eigenvalue weighted by Crippen LogP contribution is 2.28. The Labute approximate surface area is 168 Å². The van der Waals surface area contributed by atoms with E-state index in [1.807, 2.05) is 24.8 Å². The van der Waals surface area contributed by atoms with Crippen molar-refractivity contribution in [3.63, 3.8) is 0 Å². The molecule has 0 spiro atoms. The molecule has 3 rings (SSSR count). The fraction of sp³-hybridized carbons (Fsp3) is 0.316. The predicted molar refractivity (Wildman–Crippen MR) is 110 cm³/mol. The third-order valence-electron chi connectivity index (χ3n) is 3.97. The maximum absolute atomic E-state index is 6.39. The fourth-order valence-corrected chi connectivity index (χ4v) is 3.39. The van der Waals surface area contributed by atoms with E-state index in [0.29, 0.717) is 34.2 Å². The van der Waals surface area contributed by atoms with Crippen molar-refractivity contribution >= 4 is 34.6 Å². The maximum Gasteiger partial charge on any atom is 0.283 e. The van der Waals surface area contributed by atoms with Crippen LogP contribution in [-0.2, 0) is 6.54 Å². The summed E-state index contributed by atoms with van der Waals surface area (Å²) in [5.41, 5.74) is 2.96. The van der Waals surface area contributed by atoms with Gasteiger partial charge in [0.15, 0.2) is 10.9 Å². The van der Waals surface area contributed by atoms with E-state index >= 15 is 0 Å². The second-order valence-electron chi connectivity index (χ2n) is 6.27. The Morgan fingerprint density at radius 2 is 2.11 bits per heavy atom. The van der Waals surface area contributed by atoms with Crippen molar-refractivity contribution in [2.75, 3.05) is 11.9 Å². The molecule has 0 bridgehead atoms. The van der Waals surface area contributed by atoms with Crippen molar-refractivity contribution in [2.24, 2.45) is 0 Å². The number of aromatic nitrogens is 2. The number of benzene rings is 1. The van der Waals surface area contributed by atoms with Crippen LogP contribution in [0.5, 0.6) is 0 Å². The zero-order valence-electron chi connectivity index (χ0n) is 15.5. The summed E-state index contributed by atoms with van der Waals surface area (Å²) in [6, 6.07) is 7.52. The minimum atomic E-state index is 0.350. The molecule has 0 saturated heterocycles. The number of anilines is 1. The highest BCUT2D eigenvalue weighted by Gasteiger charge is 2.17. The van der Waals surface area contributed by atoms with Crippen LogP contribution < -0.4 is 5.32 Å². The lowest BCUT2D eigenvalue weighted by molar-refractivity contribution is 0.357. The summed E-state index contributed by atoms with van der Waals surface area (Å²) < 4.78 is 11.0. The van der Waals surface area contributed by atoms with Gasteiger partial charge in [-0.05, 0) is 61.8 Å². The molecule has 142 valence electrons. The van der Waals surface area contributed by atoms with Gasteiger partial charge in [0.25, 0.3) is 5.89 Å². The third kappa shape index (κ3) is 4.67. The molecule has 2 heterocycles. The number of hydrogen-bond acceptors (Lipinski definition) is 5. The molecule has 0 aliphatic carbocycles. The van der Waals surface area contributed by atoms with Crippen molar-refractivity contribution in [3.05, 3.63) is 52.6 Å². The van der Waals surface area contributed by atoms with Crippen LogP contribution in [-0.4, -0.2) is 26.8 Å². The molecular weight excluding hydrogens is 384 g/mol. The van der Waals surface area contributed by atoms with Crippen LogP contribution >= 0.6 is 23.8 Å². The van der Waals surface area contributed by atoms with Gasteiger partial charge in [0.1, 0.15) is 0 Å². The fourth-order valence-electron chi connectivity index (χ4n) is 2.76. The van der Waals surface area contributed by atoms with Gasteiger partial charge in [-0.25, -0.2) is 0 Å². The number of halogens is 1. The number of nitrogens with one attached hydrogen (secondary N) is 1. The van der Waals surface area contributed by atoms with E-state index in [-0.39, 0.29) is 0 Å². The number of hydrogen-bond donors (Lipinski definition) is 1. The van der Waals surface area contributed by atoms with Crippen LogP contribution in [0.15, 0.2) is 39.4 Å². The normalized spacial score (nSPS) is 10.8. The van der Waals surface area contributed by atoms with Gasteiger partial charge in [-0.2, -0.15) is 0 Å². The minimum absolute atomic E-state index is 0.350. The predicted octanol–water partition coefficient (Wildman–Crippen LogP) is 5.21. The number of nitrogens with zero attached hydrogens (tertiary/aromatic N) is 3. The molecule has 3 aromatic rings. The third-order valence-corrected chi connectivity index (χ3v) is 4.63. The van der Waals surface area contributed by atoms with Crippen molar-refractivity contribution in [3.8, 4) is 11.7 Å². The lowest BCUT2D eigenvalue weighted by Gasteiger charge is -2.25. The van der Waals surface area contributed by atoms with E-state index in [2.05, 4.69) is 28.5 Å². The molecule has 1 N–H and O–H groups in total. The van der Waals surface area contributed by atoms with Gasteiger partial charge in [0, 0.05) is 6.54 Å². The Balaban J connectivity index is 1.74. The zero-order chi connectivity index (χ0) is 19.4. The molecule has 0 atom stereocenters. The molecule has 0 aliphatic heterocycles. The number of furan rings is 1. The van der Waals surface area contributed by atoms with Gasteiger partial charge in [-0.15, -0.1) is 10.2 Å². The van der Waals surface area contributed by atoms with Gasteiger partial charge >= 0.3 is 0 Å². The summed E-state index contributed by atoms with van der Waals surface area (Å²) >= 11 is 12.0. The first kappa shape index (κ1) is 19.4. The number of aryl methyl sites for hydroxylation is 2. The van der Waals surface area contributed by atoms with Gasteiger partial charge in [0.05, 0.1) is 23.5 Å². The van der Waals surface area contributed by atoms with Gasteiger partial charge in [-0.3, -0.25) is 0 Å². The van der Waals surface area contributed by atoms with Crippen molar-refractivity contribution in [1.82, 2.24) is 15.1 Å². The quantitative estimate of drug-likeness (QED) is 0.565. The standard InChI is InChI=1S/C19H21ClN4O2S/c1-4-7-24(11-16-22-23-18(26-16)15-6-5-8-25-15)19(27)21-17-13(3)9-12(2)10-14(17)20/h5-6,8-10H,4,7,11H2,1-3H3,(H,21,27). The molecule has 0 radical (unpaired) electrons. The maximum atomic E-state index is 6.39. The largest absolute Gasteiger partial charge is 0.459 e. The van der Waals surface area contributed by atoms with E-state index in [1.54, 1.807) is 18.4 Å². The lowest BCUT2D eigenvalue weighted by Crippen LogP contribution is -2.35. The summed E-state index contributed by atoms with van der Waals surface area (Å²) in [6.45, 7) is 7.24. The zero-order valence-corrected chi connectivity index (χ0v) is 17.0. The first-order valence-electron chi connectivity index (χ1n) is 8.67. The molecule has 6 nitrogen and oxygen atoms in total. The van der Waals surface area contributed by atoms with Crippen LogP contribution in [0.1, 0.15) is 30.4 Å². The molecule has 0 amide bonds. The van der Waals surface area contributed by atoms with Crippen molar-refractivity contribution in [1.29, 1.82) is 0 Å².